The predicted octanol–water partition coefficient (Wildman–Crippen LogP) is 3.11. The van der Waals surface area contributed by atoms with Crippen LogP contribution in [0.4, 0.5) is 0 Å². The van der Waals surface area contributed by atoms with Gasteiger partial charge in [-0.25, -0.2) is 4.68 Å². The van der Waals surface area contributed by atoms with Crippen molar-refractivity contribution in [2.45, 2.75) is 66.0 Å². The smallest absolute Gasteiger partial charge is 0.134 e. The summed E-state index contributed by atoms with van der Waals surface area (Å²) in [6.07, 6.45) is 7.39. The first-order valence-electron chi connectivity index (χ1n) is 11.3. The van der Waals surface area contributed by atoms with Crippen molar-refractivity contribution >= 4 is 0 Å². The van der Waals surface area contributed by atoms with Crippen LogP contribution >= 0.6 is 0 Å². The highest BCUT2D eigenvalue weighted by atomic mass is 16.5. The molecular weight excluding hydrogens is 438 g/mol. The number of ether oxygens (including phenoxy) is 3. The van der Waals surface area contributed by atoms with Gasteiger partial charge in [0.1, 0.15) is 54.2 Å². The van der Waals surface area contributed by atoms with E-state index < -0.39 is 0 Å². The van der Waals surface area contributed by atoms with E-state index in [1.807, 2.05) is 24.0 Å². The zero-order chi connectivity index (χ0) is 23.8. The van der Waals surface area contributed by atoms with Gasteiger partial charge in [0, 0.05) is 24.7 Å². The zero-order valence-electron chi connectivity index (χ0n) is 19.6. The predicted molar refractivity (Wildman–Crippen MR) is 121 cm³/mol. The van der Waals surface area contributed by atoms with Crippen molar-refractivity contribution in [3.05, 3.63) is 53.9 Å². The topological polar surface area (TPSA) is 131 Å². The van der Waals surface area contributed by atoms with E-state index in [4.69, 9.17) is 14.2 Å². The van der Waals surface area contributed by atoms with Gasteiger partial charge in [0.05, 0.1) is 24.6 Å². The molecule has 4 rings (SSSR count). The number of aryl methyl sites for hydroxylation is 1. The number of nitrogens with one attached hydrogen (secondary N) is 1. The van der Waals surface area contributed by atoms with Gasteiger partial charge in [-0.15, -0.1) is 10.2 Å². The van der Waals surface area contributed by atoms with E-state index in [0.717, 1.165) is 30.8 Å². The van der Waals surface area contributed by atoms with E-state index in [0.29, 0.717) is 29.0 Å². The lowest BCUT2D eigenvalue weighted by Crippen LogP contribution is -2.07. The molecule has 0 atom stereocenters. The van der Waals surface area contributed by atoms with Crippen LogP contribution in [0.5, 0.6) is 17.2 Å². The summed E-state index contributed by atoms with van der Waals surface area (Å²) >= 11 is 0. The van der Waals surface area contributed by atoms with Gasteiger partial charge in [0.2, 0.25) is 0 Å². The Morgan fingerprint density at radius 3 is 1.91 bits per heavy atom. The summed E-state index contributed by atoms with van der Waals surface area (Å²) in [6.45, 7) is 7.84. The number of aromatic amines is 1. The number of rotatable bonds is 13. The second-order valence-electron chi connectivity index (χ2n) is 7.69. The summed E-state index contributed by atoms with van der Waals surface area (Å²) in [6, 6.07) is 5.73. The molecule has 3 aromatic heterocycles. The van der Waals surface area contributed by atoms with E-state index in [1.165, 1.54) is 0 Å². The van der Waals surface area contributed by atoms with Crippen LogP contribution in [0.1, 0.15) is 56.7 Å². The van der Waals surface area contributed by atoms with Crippen LogP contribution in [0.2, 0.25) is 0 Å². The Balaban J connectivity index is 1.45. The molecule has 0 fully saturated rings. The molecule has 1 N–H and O–H groups in total. The highest BCUT2D eigenvalue weighted by Crippen LogP contribution is 2.29. The molecule has 0 aliphatic carbocycles. The number of hydrogen-bond acceptors (Lipinski definition) is 9. The molecule has 0 spiro atoms. The Bertz CT molecular complexity index is 1150. The highest BCUT2D eigenvalue weighted by molar-refractivity contribution is 5.42. The van der Waals surface area contributed by atoms with Crippen LogP contribution in [0, 0.1) is 0 Å². The van der Waals surface area contributed by atoms with Gasteiger partial charge < -0.3 is 14.2 Å². The van der Waals surface area contributed by atoms with Gasteiger partial charge >= 0.3 is 0 Å². The zero-order valence-corrected chi connectivity index (χ0v) is 19.6. The maximum Gasteiger partial charge on any atom is 0.134 e. The molecule has 34 heavy (non-hydrogen) atoms. The van der Waals surface area contributed by atoms with Crippen molar-refractivity contribution in [2.24, 2.45) is 0 Å². The second kappa shape index (κ2) is 11.3. The Kier molecular flexibility index (Phi) is 7.68. The lowest BCUT2D eigenvalue weighted by molar-refractivity contribution is 0.270. The Hall–Kier alpha value is -3.96. The number of nitrogens with zero attached hydrogens (tertiary/aromatic N) is 8. The van der Waals surface area contributed by atoms with E-state index >= 15 is 0 Å². The number of aromatic nitrogens is 9. The van der Waals surface area contributed by atoms with E-state index in [1.54, 1.807) is 29.1 Å². The van der Waals surface area contributed by atoms with Crippen LogP contribution in [0.3, 0.4) is 0 Å². The minimum atomic E-state index is 0.258. The normalized spacial score (nSPS) is 11.2. The third kappa shape index (κ3) is 6.09. The van der Waals surface area contributed by atoms with Crippen molar-refractivity contribution in [3.8, 4) is 17.2 Å². The van der Waals surface area contributed by atoms with Gasteiger partial charge in [-0.1, -0.05) is 24.3 Å². The molecule has 0 saturated heterocycles. The summed E-state index contributed by atoms with van der Waals surface area (Å²) in [7, 11) is 0. The molecule has 0 saturated carbocycles. The van der Waals surface area contributed by atoms with Gasteiger partial charge in [-0.2, -0.15) is 15.4 Å². The summed E-state index contributed by atoms with van der Waals surface area (Å²) in [5.74, 6) is 1.75. The number of H-pyrrole nitrogens is 1. The maximum atomic E-state index is 6.00. The van der Waals surface area contributed by atoms with Crippen molar-refractivity contribution in [3.63, 3.8) is 0 Å². The monoisotopic (exact) mass is 467 g/mol. The Labute approximate surface area is 197 Å². The van der Waals surface area contributed by atoms with E-state index in [2.05, 4.69) is 49.9 Å². The van der Waals surface area contributed by atoms with Crippen molar-refractivity contribution in [1.82, 2.24) is 45.4 Å². The van der Waals surface area contributed by atoms with Crippen LogP contribution in [0.25, 0.3) is 0 Å². The Morgan fingerprint density at radius 2 is 1.38 bits per heavy atom. The third-order valence-corrected chi connectivity index (χ3v) is 5.26. The van der Waals surface area contributed by atoms with Crippen LogP contribution in [-0.4, -0.2) is 45.4 Å². The average Bonchev–Trinajstić information content (AvgIpc) is 3.63. The molecule has 3 heterocycles. The average molecular weight is 468 g/mol. The minimum absolute atomic E-state index is 0.258. The first-order chi connectivity index (χ1) is 16.7. The molecule has 0 unspecified atom stereocenters. The van der Waals surface area contributed by atoms with Gasteiger partial charge in [0.25, 0.3) is 0 Å². The van der Waals surface area contributed by atoms with E-state index in [9.17, 15) is 0 Å². The molecule has 0 radical (unpaired) electrons. The SMILES string of the molecule is CCC(CC)n1cc(COc2cc(OCc3cn(CC)nn3)cc(OCc3cn[nH]n3)c2)nn1. The molecule has 0 amide bonds. The molecule has 4 aromatic rings. The quantitative estimate of drug-likeness (QED) is 0.315. The third-order valence-electron chi connectivity index (χ3n) is 5.26. The first-order valence-corrected chi connectivity index (χ1v) is 11.3. The second-order valence-corrected chi connectivity index (χ2v) is 7.69. The van der Waals surface area contributed by atoms with Crippen molar-refractivity contribution in [2.75, 3.05) is 0 Å². The lowest BCUT2D eigenvalue weighted by Gasteiger charge is -2.12. The van der Waals surface area contributed by atoms with Crippen molar-refractivity contribution < 1.29 is 14.2 Å². The van der Waals surface area contributed by atoms with Crippen LogP contribution in [-0.2, 0) is 26.4 Å². The Morgan fingerprint density at radius 1 is 0.794 bits per heavy atom. The van der Waals surface area contributed by atoms with Gasteiger partial charge in [-0.3, -0.25) is 4.68 Å². The van der Waals surface area contributed by atoms with Crippen LogP contribution in [0.15, 0.2) is 36.8 Å². The number of hydrogen-bond donors (Lipinski definition) is 1. The fourth-order valence-corrected chi connectivity index (χ4v) is 3.34. The molecule has 0 aliphatic heterocycles. The molecule has 12 nitrogen and oxygen atoms in total. The van der Waals surface area contributed by atoms with Crippen LogP contribution < -0.4 is 14.2 Å². The fourth-order valence-electron chi connectivity index (χ4n) is 3.34. The van der Waals surface area contributed by atoms with Gasteiger partial charge in [-0.05, 0) is 19.8 Å². The first kappa shape index (κ1) is 23.2. The summed E-state index contributed by atoms with van der Waals surface area (Å²) in [5, 5.41) is 27.0. The highest BCUT2D eigenvalue weighted by Gasteiger charge is 2.11. The largest absolute Gasteiger partial charge is 0.487 e. The molecule has 12 heteroatoms. The maximum absolute atomic E-state index is 6.00. The molecule has 1 aromatic carbocycles. The minimum Gasteiger partial charge on any atom is -0.487 e. The van der Waals surface area contributed by atoms with Gasteiger partial charge in [0.15, 0.2) is 0 Å². The molecule has 0 aliphatic rings. The fraction of sp³-hybridized carbons (Fsp3) is 0.455. The molecular formula is C22H29N9O3. The van der Waals surface area contributed by atoms with Crippen molar-refractivity contribution in [1.29, 1.82) is 0 Å². The number of benzene rings is 1. The summed E-state index contributed by atoms with van der Waals surface area (Å²) in [5.41, 5.74) is 2.17. The lowest BCUT2D eigenvalue weighted by atomic mass is 10.2. The molecule has 180 valence electrons. The summed E-state index contributed by atoms with van der Waals surface area (Å²) < 4.78 is 21.5. The summed E-state index contributed by atoms with van der Waals surface area (Å²) in [4.78, 5) is 0. The standard InChI is InChI=1S/C22H29N9O3/c1-4-19(5-2)31-12-18(26-29-31)15-34-22-8-20(32-13-16-10-23-27-24-16)7-21(9-22)33-14-17-11-30(6-3)28-25-17/h7-12,19H,4-6,13-15H2,1-3H3,(H,23,24,27). The van der Waals surface area contributed by atoms with E-state index in [-0.39, 0.29) is 19.8 Å². The molecule has 0 bridgehead atoms.